The van der Waals surface area contributed by atoms with Gasteiger partial charge in [-0.2, -0.15) is 0 Å². The molecule has 0 aromatic rings. The van der Waals surface area contributed by atoms with E-state index in [1.165, 1.54) is 327 Å². The lowest BCUT2D eigenvalue weighted by atomic mass is 10.0. The van der Waals surface area contributed by atoms with Crippen molar-refractivity contribution >= 4 is 11.9 Å². The van der Waals surface area contributed by atoms with Crippen LogP contribution < -0.4 is 5.32 Å². The van der Waals surface area contributed by atoms with Crippen molar-refractivity contribution in [2.75, 3.05) is 13.2 Å². The normalized spacial score (nSPS) is 12.5. The number of hydrogen-bond acceptors (Lipinski definition) is 5. The Morgan fingerprint density at radius 2 is 0.613 bits per heavy atom. The number of aliphatic hydroxyl groups excluding tert-OH is 2. The first-order valence-corrected chi connectivity index (χ1v) is 34.5. The molecule has 0 aromatic heterocycles. The first-order valence-electron chi connectivity index (χ1n) is 34.5. The molecule has 0 aromatic carbocycles. The molecule has 0 aliphatic rings. The van der Waals surface area contributed by atoms with Crippen LogP contribution in [0.4, 0.5) is 0 Å². The number of rotatable bonds is 65. The summed E-state index contributed by atoms with van der Waals surface area (Å²) in [5.41, 5.74) is 0. The molecule has 0 radical (unpaired) electrons. The van der Waals surface area contributed by atoms with E-state index in [1.807, 2.05) is 6.08 Å². The first-order chi connectivity index (χ1) is 37.0. The maximum atomic E-state index is 12.5. The average Bonchev–Trinajstić information content (AvgIpc) is 3.41. The van der Waals surface area contributed by atoms with Crippen LogP contribution in [0.5, 0.6) is 0 Å². The number of unbranched alkanes of at least 4 members (excludes halogenated alkanes) is 54. The van der Waals surface area contributed by atoms with Crippen LogP contribution in [0, 0.1) is 0 Å². The molecule has 1 amide bonds. The third kappa shape index (κ3) is 61.7. The van der Waals surface area contributed by atoms with Crippen molar-refractivity contribution in [2.45, 2.75) is 405 Å². The minimum atomic E-state index is -0.848. The topological polar surface area (TPSA) is 95.9 Å². The Morgan fingerprint density at radius 3 is 0.907 bits per heavy atom. The Labute approximate surface area is 469 Å². The van der Waals surface area contributed by atoms with Gasteiger partial charge in [0.05, 0.1) is 25.4 Å². The van der Waals surface area contributed by atoms with Gasteiger partial charge in [0.15, 0.2) is 0 Å². The van der Waals surface area contributed by atoms with E-state index in [1.54, 1.807) is 6.08 Å². The number of esters is 1. The summed E-state index contributed by atoms with van der Waals surface area (Å²) in [6.07, 6.45) is 79.9. The molecule has 3 N–H and O–H groups in total. The largest absolute Gasteiger partial charge is 0.466 e. The van der Waals surface area contributed by atoms with Crippen molar-refractivity contribution in [1.29, 1.82) is 0 Å². The molecule has 6 heteroatoms. The lowest BCUT2D eigenvalue weighted by Crippen LogP contribution is -2.45. The molecule has 0 fully saturated rings. The Balaban J connectivity index is 3.41. The van der Waals surface area contributed by atoms with Crippen molar-refractivity contribution in [2.24, 2.45) is 0 Å². The van der Waals surface area contributed by atoms with E-state index in [0.29, 0.717) is 19.4 Å². The monoisotopic (exact) mass is 1060 g/mol. The van der Waals surface area contributed by atoms with Gasteiger partial charge in [0.1, 0.15) is 0 Å². The molecule has 0 rings (SSSR count). The lowest BCUT2D eigenvalue weighted by molar-refractivity contribution is -0.143. The summed E-state index contributed by atoms with van der Waals surface area (Å²) in [5.74, 6) is -0.0553. The van der Waals surface area contributed by atoms with Crippen molar-refractivity contribution in [3.63, 3.8) is 0 Å². The minimum absolute atomic E-state index is 0.0117. The van der Waals surface area contributed by atoms with Gasteiger partial charge in [0, 0.05) is 12.8 Å². The zero-order valence-corrected chi connectivity index (χ0v) is 51.1. The Hall–Kier alpha value is -1.40. The smallest absolute Gasteiger partial charge is 0.305 e. The molecule has 2 atom stereocenters. The van der Waals surface area contributed by atoms with Gasteiger partial charge in [-0.25, -0.2) is 0 Å². The number of ether oxygens (including phenoxy) is 1. The predicted octanol–water partition coefficient (Wildman–Crippen LogP) is 22.0. The van der Waals surface area contributed by atoms with Crippen molar-refractivity contribution < 1.29 is 24.5 Å². The summed E-state index contributed by atoms with van der Waals surface area (Å²) in [4.78, 5) is 24.6. The number of allylic oxidation sites excluding steroid dienone is 1. The Bertz CT molecular complexity index is 1130. The van der Waals surface area contributed by atoms with Gasteiger partial charge in [-0.05, 0) is 32.1 Å². The van der Waals surface area contributed by atoms with Crippen molar-refractivity contribution in [1.82, 2.24) is 5.32 Å². The van der Waals surface area contributed by atoms with Crippen LogP contribution in [-0.2, 0) is 14.3 Å². The molecular weight excluding hydrogens is 923 g/mol. The van der Waals surface area contributed by atoms with Gasteiger partial charge in [-0.1, -0.05) is 360 Å². The van der Waals surface area contributed by atoms with Crippen LogP contribution in [0.15, 0.2) is 12.2 Å². The molecule has 0 bridgehead atoms. The molecule has 0 spiro atoms. The summed E-state index contributed by atoms with van der Waals surface area (Å²) >= 11 is 0. The van der Waals surface area contributed by atoms with Crippen LogP contribution >= 0.6 is 0 Å². The van der Waals surface area contributed by atoms with Crippen molar-refractivity contribution in [3.05, 3.63) is 12.2 Å². The van der Waals surface area contributed by atoms with Crippen LogP contribution in [0.1, 0.15) is 393 Å². The van der Waals surface area contributed by atoms with Crippen LogP contribution in [-0.4, -0.2) is 47.4 Å². The van der Waals surface area contributed by atoms with Gasteiger partial charge in [0.25, 0.3) is 0 Å². The van der Waals surface area contributed by atoms with Crippen molar-refractivity contribution in [3.8, 4) is 0 Å². The second-order valence-corrected chi connectivity index (χ2v) is 23.9. The van der Waals surface area contributed by atoms with Crippen LogP contribution in [0.2, 0.25) is 0 Å². The molecule has 446 valence electrons. The summed E-state index contributed by atoms with van der Waals surface area (Å²) in [6.45, 7) is 4.94. The molecule has 2 unspecified atom stereocenters. The molecule has 0 saturated carbocycles. The lowest BCUT2D eigenvalue weighted by Gasteiger charge is -2.20. The third-order valence-electron chi connectivity index (χ3n) is 16.3. The number of nitrogens with one attached hydrogen (secondary N) is 1. The van der Waals surface area contributed by atoms with Gasteiger partial charge in [-0.15, -0.1) is 0 Å². The summed E-state index contributed by atoms with van der Waals surface area (Å²) in [6, 6.07) is -0.631. The number of carbonyl (C=O) groups is 2. The van der Waals surface area contributed by atoms with E-state index in [0.717, 1.165) is 38.5 Å². The molecule has 0 heterocycles. The van der Waals surface area contributed by atoms with Crippen LogP contribution in [0.3, 0.4) is 0 Å². The molecule has 0 aliphatic heterocycles. The van der Waals surface area contributed by atoms with E-state index < -0.39 is 12.1 Å². The molecule has 6 nitrogen and oxygen atoms in total. The fourth-order valence-electron chi connectivity index (χ4n) is 11.1. The highest BCUT2D eigenvalue weighted by molar-refractivity contribution is 5.76. The van der Waals surface area contributed by atoms with E-state index in [-0.39, 0.29) is 18.5 Å². The standard InChI is InChI=1S/C69H135NO5/c1-3-5-7-9-11-13-15-17-19-21-22-23-24-25-26-30-33-37-41-45-49-53-57-61-67(72)66(65-71)70-68(73)62-58-54-50-46-42-38-34-31-27-28-32-36-40-44-48-52-56-60-64-75-69(74)63-59-55-51-47-43-39-35-29-20-18-16-14-12-10-8-6-4-2/h57,61,66-67,71-72H,3-56,58-60,62-65H2,1-2H3,(H,70,73)/b61-57+. The van der Waals surface area contributed by atoms with Gasteiger partial charge in [0.2, 0.25) is 5.91 Å². The first kappa shape index (κ1) is 73.6. The summed E-state index contributed by atoms with van der Waals surface area (Å²) < 4.78 is 5.50. The van der Waals surface area contributed by atoms with Gasteiger partial charge >= 0.3 is 5.97 Å². The summed E-state index contributed by atoms with van der Waals surface area (Å²) in [7, 11) is 0. The van der Waals surface area contributed by atoms with Crippen LogP contribution in [0.25, 0.3) is 0 Å². The zero-order chi connectivity index (χ0) is 54.3. The SMILES string of the molecule is CCCCCCCCCCCCCCCCCCCCCCC/C=C/C(O)C(CO)NC(=O)CCCCCCCCCCCCCCCCCCCCOC(=O)CCCCCCCCCCCCCCCCCCC. The highest BCUT2D eigenvalue weighted by Crippen LogP contribution is 2.19. The predicted molar refractivity (Wildman–Crippen MR) is 329 cm³/mol. The van der Waals surface area contributed by atoms with E-state index in [4.69, 9.17) is 4.74 Å². The van der Waals surface area contributed by atoms with Gasteiger partial charge < -0.3 is 20.3 Å². The number of hydrogen-bond donors (Lipinski definition) is 3. The molecule has 75 heavy (non-hydrogen) atoms. The Morgan fingerprint density at radius 1 is 0.360 bits per heavy atom. The number of amides is 1. The fourth-order valence-corrected chi connectivity index (χ4v) is 11.1. The maximum absolute atomic E-state index is 12.5. The fraction of sp³-hybridized carbons (Fsp3) is 0.942. The Kier molecular flexibility index (Phi) is 63.9. The van der Waals surface area contributed by atoms with E-state index in [2.05, 4.69) is 19.2 Å². The molecule has 0 saturated heterocycles. The second kappa shape index (κ2) is 65.1. The van der Waals surface area contributed by atoms with E-state index in [9.17, 15) is 19.8 Å². The second-order valence-electron chi connectivity index (χ2n) is 23.9. The third-order valence-corrected chi connectivity index (χ3v) is 16.3. The van der Waals surface area contributed by atoms with E-state index >= 15 is 0 Å². The highest BCUT2D eigenvalue weighted by Gasteiger charge is 2.18. The quantitative estimate of drug-likeness (QED) is 0.0320. The average molecular weight is 1060 g/mol. The molecule has 0 aliphatic carbocycles. The van der Waals surface area contributed by atoms with Gasteiger partial charge in [-0.3, -0.25) is 9.59 Å². The maximum Gasteiger partial charge on any atom is 0.305 e. The highest BCUT2D eigenvalue weighted by atomic mass is 16.5. The number of aliphatic hydroxyl groups is 2. The zero-order valence-electron chi connectivity index (χ0n) is 51.1. The number of carbonyl (C=O) groups excluding carboxylic acids is 2. The summed E-state index contributed by atoms with van der Waals surface area (Å²) in [5, 5.41) is 23.3. The minimum Gasteiger partial charge on any atom is -0.466 e. The molecular formula is C69H135NO5.